The lowest BCUT2D eigenvalue weighted by Crippen LogP contribution is -2.44. The van der Waals surface area contributed by atoms with Gasteiger partial charge in [-0.2, -0.15) is 0 Å². The zero-order valence-corrected chi connectivity index (χ0v) is 21.4. The number of fused-ring (bicyclic) bond motifs is 1. The SMILES string of the molecule is CN1CCN(CCCOc2cc3ncnc(C4CCN(OC(=O)C(C)(C)C)CC4)c3cc2F)CC1. The number of likely N-dealkylation sites (N-methyl/N-ethyl adjacent to an activating group) is 1. The fourth-order valence-electron chi connectivity index (χ4n) is 4.53. The smallest absolute Gasteiger partial charge is 0.330 e. The quantitative estimate of drug-likeness (QED) is 0.550. The Bertz CT molecular complexity index is 1010. The average molecular weight is 488 g/mol. The zero-order valence-electron chi connectivity index (χ0n) is 21.4. The van der Waals surface area contributed by atoms with Crippen molar-refractivity contribution in [3.05, 3.63) is 30.0 Å². The minimum absolute atomic E-state index is 0.153. The topological polar surface area (TPSA) is 71.0 Å². The second-order valence-corrected chi connectivity index (χ2v) is 10.7. The molecular weight excluding hydrogens is 449 g/mol. The van der Waals surface area contributed by atoms with Crippen molar-refractivity contribution in [3.63, 3.8) is 0 Å². The summed E-state index contributed by atoms with van der Waals surface area (Å²) in [4.78, 5) is 31.3. The van der Waals surface area contributed by atoms with E-state index in [9.17, 15) is 9.18 Å². The van der Waals surface area contributed by atoms with Gasteiger partial charge in [-0.15, -0.1) is 5.06 Å². The number of benzene rings is 1. The molecule has 2 saturated heterocycles. The maximum atomic E-state index is 14.9. The number of carbonyl (C=O) groups excluding carboxylic acids is 1. The molecule has 0 spiro atoms. The number of piperidine rings is 1. The maximum Gasteiger partial charge on any atom is 0.330 e. The van der Waals surface area contributed by atoms with Crippen LogP contribution in [0.25, 0.3) is 10.9 Å². The molecule has 9 heteroatoms. The van der Waals surface area contributed by atoms with Crippen LogP contribution < -0.4 is 4.74 Å². The fraction of sp³-hybridized carbons (Fsp3) is 0.654. The highest BCUT2D eigenvalue weighted by molar-refractivity contribution is 5.82. The van der Waals surface area contributed by atoms with Gasteiger partial charge in [0.05, 0.1) is 23.2 Å². The van der Waals surface area contributed by atoms with E-state index in [2.05, 4.69) is 26.8 Å². The Kier molecular flexibility index (Phi) is 8.19. The Labute approximate surface area is 207 Å². The van der Waals surface area contributed by atoms with Gasteiger partial charge in [-0.1, -0.05) is 0 Å². The van der Waals surface area contributed by atoms with Crippen molar-refractivity contribution in [2.75, 3.05) is 59.5 Å². The van der Waals surface area contributed by atoms with Gasteiger partial charge in [0.25, 0.3) is 0 Å². The number of ether oxygens (including phenoxy) is 1. The summed E-state index contributed by atoms with van der Waals surface area (Å²) in [6.07, 6.45) is 3.94. The molecule has 0 atom stereocenters. The second-order valence-electron chi connectivity index (χ2n) is 10.7. The predicted molar refractivity (Wildman–Crippen MR) is 133 cm³/mol. The zero-order chi connectivity index (χ0) is 25.0. The number of aromatic nitrogens is 2. The molecule has 192 valence electrons. The normalized spacial score (nSPS) is 19.2. The van der Waals surface area contributed by atoms with Crippen molar-refractivity contribution in [2.24, 2.45) is 5.41 Å². The van der Waals surface area contributed by atoms with Crippen LogP contribution >= 0.6 is 0 Å². The van der Waals surface area contributed by atoms with Crippen LogP contribution in [-0.4, -0.2) is 90.3 Å². The van der Waals surface area contributed by atoms with Gasteiger partial charge in [-0.05, 0) is 53.1 Å². The molecule has 2 aromatic rings. The van der Waals surface area contributed by atoms with E-state index >= 15 is 0 Å². The van der Waals surface area contributed by atoms with Crippen LogP contribution in [-0.2, 0) is 9.63 Å². The summed E-state index contributed by atoms with van der Waals surface area (Å²) in [6, 6.07) is 3.19. The first kappa shape index (κ1) is 25.7. The summed E-state index contributed by atoms with van der Waals surface area (Å²) in [5.41, 5.74) is 0.992. The Morgan fingerprint density at radius 3 is 2.49 bits per heavy atom. The van der Waals surface area contributed by atoms with Crippen molar-refractivity contribution in [1.82, 2.24) is 24.8 Å². The molecule has 3 heterocycles. The molecule has 4 rings (SSSR count). The summed E-state index contributed by atoms with van der Waals surface area (Å²) in [6.45, 7) is 12.5. The Hall–Kier alpha value is -2.36. The molecule has 0 bridgehead atoms. The van der Waals surface area contributed by atoms with E-state index in [0.717, 1.165) is 63.1 Å². The third-order valence-electron chi connectivity index (χ3n) is 6.86. The van der Waals surface area contributed by atoms with Crippen LogP contribution in [0.4, 0.5) is 4.39 Å². The summed E-state index contributed by atoms with van der Waals surface area (Å²) in [7, 11) is 2.14. The lowest BCUT2D eigenvalue weighted by Gasteiger charge is -2.32. The van der Waals surface area contributed by atoms with Crippen LogP contribution in [0.5, 0.6) is 5.75 Å². The average Bonchev–Trinajstić information content (AvgIpc) is 2.83. The van der Waals surface area contributed by atoms with Crippen LogP contribution in [0.15, 0.2) is 18.5 Å². The Morgan fingerprint density at radius 2 is 1.80 bits per heavy atom. The lowest BCUT2D eigenvalue weighted by molar-refractivity contribution is -0.204. The van der Waals surface area contributed by atoms with Gasteiger partial charge < -0.3 is 19.4 Å². The van der Waals surface area contributed by atoms with Crippen molar-refractivity contribution in [3.8, 4) is 5.75 Å². The predicted octanol–water partition coefficient (Wildman–Crippen LogP) is 3.47. The summed E-state index contributed by atoms with van der Waals surface area (Å²) in [5.74, 6) is -0.226. The highest BCUT2D eigenvalue weighted by Crippen LogP contribution is 2.33. The van der Waals surface area contributed by atoms with Gasteiger partial charge >= 0.3 is 5.97 Å². The number of piperazine rings is 1. The number of carbonyl (C=O) groups is 1. The van der Waals surface area contributed by atoms with Gasteiger partial charge in [-0.25, -0.2) is 19.2 Å². The van der Waals surface area contributed by atoms with E-state index < -0.39 is 5.41 Å². The van der Waals surface area contributed by atoms with Gasteiger partial charge in [-0.3, -0.25) is 0 Å². The summed E-state index contributed by atoms with van der Waals surface area (Å²) < 4.78 is 20.7. The standard InChI is InChI=1S/C26H38FN5O3/c1-26(2,3)25(33)35-32-9-6-19(7-10-32)24-20-16-21(27)23(17-22(20)28-18-29-24)34-15-5-8-31-13-11-30(4)12-14-31/h16-19H,5-15H2,1-4H3. The van der Waals surface area contributed by atoms with E-state index in [-0.39, 0.29) is 23.5 Å². The van der Waals surface area contributed by atoms with Gasteiger partial charge in [0.2, 0.25) is 0 Å². The molecule has 2 aliphatic heterocycles. The number of hydroxylamine groups is 2. The van der Waals surface area contributed by atoms with Gasteiger partial charge in [0.1, 0.15) is 6.33 Å². The highest BCUT2D eigenvalue weighted by Gasteiger charge is 2.30. The molecule has 0 saturated carbocycles. The molecule has 0 amide bonds. The molecule has 1 aromatic carbocycles. The van der Waals surface area contributed by atoms with Crippen molar-refractivity contribution < 1.29 is 18.8 Å². The Balaban J connectivity index is 1.34. The number of halogens is 1. The number of hydrogen-bond donors (Lipinski definition) is 0. The third kappa shape index (κ3) is 6.65. The van der Waals surface area contributed by atoms with Gasteiger partial charge in [0, 0.05) is 63.2 Å². The van der Waals surface area contributed by atoms with E-state index in [1.54, 1.807) is 17.5 Å². The first-order valence-electron chi connectivity index (χ1n) is 12.7. The lowest BCUT2D eigenvalue weighted by atomic mass is 9.91. The highest BCUT2D eigenvalue weighted by atomic mass is 19.1. The molecule has 2 fully saturated rings. The summed E-state index contributed by atoms with van der Waals surface area (Å²) >= 11 is 0. The Morgan fingerprint density at radius 1 is 1.09 bits per heavy atom. The van der Waals surface area contributed by atoms with Crippen LogP contribution in [0.3, 0.4) is 0 Å². The number of nitrogens with zero attached hydrogens (tertiary/aromatic N) is 5. The summed E-state index contributed by atoms with van der Waals surface area (Å²) in [5, 5.41) is 2.45. The largest absolute Gasteiger partial charge is 0.490 e. The minimum Gasteiger partial charge on any atom is -0.490 e. The van der Waals surface area contributed by atoms with Crippen molar-refractivity contribution in [1.29, 1.82) is 0 Å². The molecule has 2 aliphatic rings. The number of rotatable bonds is 7. The van der Waals surface area contributed by atoms with Crippen molar-refractivity contribution in [2.45, 2.75) is 46.0 Å². The second kappa shape index (κ2) is 11.1. The van der Waals surface area contributed by atoms with Gasteiger partial charge in [0.15, 0.2) is 11.6 Å². The van der Waals surface area contributed by atoms with Crippen LogP contribution in [0, 0.1) is 11.2 Å². The first-order valence-corrected chi connectivity index (χ1v) is 12.7. The van der Waals surface area contributed by atoms with E-state index in [1.165, 1.54) is 6.07 Å². The minimum atomic E-state index is -0.540. The molecule has 0 unspecified atom stereocenters. The molecule has 8 nitrogen and oxygen atoms in total. The fourth-order valence-corrected chi connectivity index (χ4v) is 4.53. The van der Waals surface area contributed by atoms with Crippen LogP contribution in [0.2, 0.25) is 0 Å². The number of hydrogen-bond acceptors (Lipinski definition) is 8. The molecule has 0 radical (unpaired) electrons. The molecule has 0 N–H and O–H groups in total. The molecule has 1 aromatic heterocycles. The monoisotopic (exact) mass is 487 g/mol. The first-order chi connectivity index (χ1) is 16.7. The van der Waals surface area contributed by atoms with Crippen molar-refractivity contribution >= 4 is 16.9 Å². The van der Waals surface area contributed by atoms with E-state index in [1.807, 2.05) is 20.8 Å². The van der Waals surface area contributed by atoms with E-state index in [0.29, 0.717) is 25.2 Å². The third-order valence-corrected chi connectivity index (χ3v) is 6.86. The molecule has 0 aliphatic carbocycles. The molecule has 35 heavy (non-hydrogen) atoms. The molecular formula is C26H38FN5O3. The van der Waals surface area contributed by atoms with E-state index in [4.69, 9.17) is 9.57 Å². The van der Waals surface area contributed by atoms with Crippen LogP contribution in [0.1, 0.15) is 51.6 Å². The maximum absolute atomic E-state index is 14.9.